The number of ether oxygens (including phenoxy) is 1. The number of esters is 1. The second kappa shape index (κ2) is 13.6. The topological polar surface area (TPSA) is 87.7 Å². The fourth-order valence-electron chi connectivity index (χ4n) is 4.35. The molecule has 1 aromatic carbocycles. The Labute approximate surface area is 202 Å². The zero-order valence-corrected chi connectivity index (χ0v) is 19.7. The van der Waals surface area contributed by atoms with Crippen LogP contribution >= 0.6 is 0 Å². The zero-order chi connectivity index (χ0) is 24.2. The lowest BCUT2D eigenvalue weighted by Crippen LogP contribution is -2.47. The summed E-state index contributed by atoms with van der Waals surface area (Å²) in [6, 6.07) is 9.02. The SMILES string of the molecule is C#C[C@H](CC(=O)OCCc1ccccc1)NC(=O)[C@@H]1CCCN(C(=O)/C=C/C2CCNCC2)C1. The van der Waals surface area contributed by atoms with E-state index in [-0.39, 0.29) is 30.8 Å². The van der Waals surface area contributed by atoms with Crippen molar-refractivity contribution in [3.8, 4) is 12.3 Å². The maximum Gasteiger partial charge on any atom is 0.308 e. The highest BCUT2D eigenvalue weighted by molar-refractivity contribution is 5.88. The van der Waals surface area contributed by atoms with Crippen molar-refractivity contribution in [1.29, 1.82) is 0 Å². The van der Waals surface area contributed by atoms with Gasteiger partial charge in [0.1, 0.15) is 6.04 Å². The van der Waals surface area contributed by atoms with Crippen molar-refractivity contribution in [2.45, 2.75) is 44.6 Å². The minimum Gasteiger partial charge on any atom is -0.465 e. The molecule has 2 saturated heterocycles. The van der Waals surface area contributed by atoms with Gasteiger partial charge in [0, 0.05) is 19.5 Å². The number of nitrogens with one attached hydrogen (secondary N) is 2. The normalized spacial score (nSPS) is 19.9. The van der Waals surface area contributed by atoms with Crippen LogP contribution in [0.2, 0.25) is 0 Å². The predicted molar refractivity (Wildman–Crippen MR) is 131 cm³/mol. The zero-order valence-electron chi connectivity index (χ0n) is 19.7. The maximum atomic E-state index is 12.8. The van der Waals surface area contributed by atoms with E-state index in [1.165, 1.54) is 0 Å². The number of benzene rings is 1. The molecular formula is C27H35N3O4. The summed E-state index contributed by atoms with van der Waals surface area (Å²) >= 11 is 0. The third kappa shape index (κ3) is 8.35. The van der Waals surface area contributed by atoms with Crippen molar-refractivity contribution in [3.05, 3.63) is 48.0 Å². The molecule has 0 aliphatic carbocycles. The first-order valence-corrected chi connectivity index (χ1v) is 12.2. The first-order chi connectivity index (χ1) is 16.5. The molecule has 0 radical (unpaired) electrons. The molecular weight excluding hydrogens is 430 g/mol. The molecule has 182 valence electrons. The standard InChI is InChI=1S/C27H35N3O4/c1-2-24(19-26(32)34-18-14-21-7-4-3-5-8-21)29-27(33)23-9-6-17-30(20-23)25(31)11-10-22-12-15-28-16-13-22/h1,3-5,7-8,10-11,22-24,28H,6,9,12-20H2,(H,29,33)/b11-10+/t23-,24-/m1/s1. The van der Waals surface area contributed by atoms with Crippen molar-refractivity contribution in [1.82, 2.24) is 15.5 Å². The molecule has 2 aliphatic heterocycles. The summed E-state index contributed by atoms with van der Waals surface area (Å²) in [4.78, 5) is 39.3. The highest BCUT2D eigenvalue weighted by Crippen LogP contribution is 2.19. The number of carbonyl (C=O) groups excluding carboxylic acids is 3. The molecule has 2 heterocycles. The van der Waals surface area contributed by atoms with Crippen LogP contribution in [0.5, 0.6) is 0 Å². The van der Waals surface area contributed by atoms with Gasteiger partial charge in [0.2, 0.25) is 11.8 Å². The second-order valence-electron chi connectivity index (χ2n) is 8.96. The molecule has 7 nitrogen and oxygen atoms in total. The Kier molecular flexibility index (Phi) is 10.2. The summed E-state index contributed by atoms with van der Waals surface area (Å²) in [5.41, 5.74) is 1.08. The van der Waals surface area contributed by atoms with Crippen LogP contribution < -0.4 is 10.6 Å². The summed E-state index contributed by atoms with van der Waals surface area (Å²) in [5.74, 6) is 1.85. The van der Waals surface area contributed by atoms with Crippen LogP contribution in [-0.2, 0) is 25.5 Å². The predicted octanol–water partition coefficient (Wildman–Crippen LogP) is 2.07. The molecule has 1 aromatic rings. The van der Waals surface area contributed by atoms with E-state index in [0.29, 0.717) is 31.8 Å². The molecule has 0 bridgehead atoms. The van der Waals surface area contributed by atoms with Crippen LogP contribution in [0.3, 0.4) is 0 Å². The number of hydrogen-bond donors (Lipinski definition) is 2. The van der Waals surface area contributed by atoms with E-state index in [1.54, 1.807) is 11.0 Å². The van der Waals surface area contributed by atoms with Crippen molar-refractivity contribution in [3.63, 3.8) is 0 Å². The molecule has 0 aromatic heterocycles. The van der Waals surface area contributed by atoms with E-state index in [2.05, 4.69) is 16.6 Å². The third-order valence-electron chi connectivity index (χ3n) is 6.38. The number of allylic oxidation sites excluding steroid dienone is 1. The van der Waals surface area contributed by atoms with E-state index < -0.39 is 12.0 Å². The number of amides is 2. The van der Waals surface area contributed by atoms with Crippen molar-refractivity contribution >= 4 is 17.8 Å². The average molecular weight is 466 g/mol. The van der Waals surface area contributed by atoms with Gasteiger partial charge in [-0.3, -0.25) is 14.4 Å². The van der Waals surface area contributed by atoms with Gasteiger partial charge in [0.25, 0.3) is 0 Å². The van der Waals surface area contributed by atoms with Gasteiger partial charge >= 0.3 is 5.97 Å². The highest BCUT2D eigenvalue weighted by atomic mass is 16.5. The number of terminal acetylenes is 1. The van der Waals surface area contributed by atoms with Crippen molar-refractivity contribution in [2.24, 2.45) is 11.8 Å². The molecule has 2 atom stereocenters. The van der Waals surface area contributed by atoms with Crippen LogP contribution in [0.4, 0.5) is 0 Å². The Morgan fingerprint density at radius 1 is 1.21 bits per heavy atom. The Balaban J connectivity index is 1.41. The van der Waals surface area contributed by atoms with Crippen LogP contribution in [0.25, 0.3) is 0 Å². The lowest BCUT2D eigenvalue weighted by Gasteiger charge is -2.32. The summed E-state index contributed by atoms with van der Waals surface area (Å²) in [6.45, 7) is 3.22. The van der Waals surface area contributed by atoms with Gasteiger partial charge in [0.15, 0.2) is 0 Å². The Morgan fingerprint density at radius 3 is 2.71 bits per heavy atom. The Bertz CT molecular complexity index is 887. The molecule has 2 N–H and O–H groups in total. The van der Waals surface area contributed by atoms with Gasteiger partial charge in [-0.25, -0.2) is 0 Å². The monoisotopic (exact) mass is 465 g/mol. The Morgan fingerprint density at radius 2 is 1.97 bits per heavy atom. The lowest BCUT2D eigenvalue weighted by atomic mass is 9.95. The minimum absolute atomic E-state index is 0.0495. The molecule has 2 aliphatic rings. The second-order valence-corrected chi connectivity index (χ2v) is 8.96. The average Bonchev–Trinajstić information content (AvgIpc) is 2.88. The number of hydrogen-bond acceptors (Lipinski definition) is 5. The number of carbonyl (C=O) groups is 3. The summed E-state index contributed by atoms with van der Waals surface area (Å²) in [6.07, 6.45) is 13.3. The molecule has 0 spiro atoms. The summed E-state index contributed by atoms with van der Waals surface area (Å²) in [5, 5.41) is 6.10. The van der Waals surface area contributed by atoms with Crippen LogP contribution in [0.1, 0.15) is 37.7 Å². The molecule has 2 amide bonds. The van der Waals surface area contributed by atoms with Gasteiger partial charge in [-0.05, 0) is 56.3 Å². The molecule has 0 saturated carbocycles. The number of nitrogens with zero attached hydrogens (tertiary/aromatic N) is 1. The smallest absolute Gasteiger partial charge is 0.308 e. The van der Waals surface area contributed by atoms with Gasteiger partial charge in [-0.15, -0.1) is 6.42 Å². The van der Waals surface area contributed by atoms with E-state index >= 15 is 0 Å². The lowest BCUT2D eigenvalue weighted by molar-refractivity contribution is -0.143. The first-order valence-electron chi connectivity index (χ1n) is 12.2. The van der Waals surface area contributed by atoms with Gasteiger partial charge in [0.05, 0.1) is 18.9 Å². The molecule has 2 fully saturated rings. The first kappa shape index (κ1) is 25.5. The maximum absolute atomic E-state index is 12.8. The van der Waals surface area contributed by atoms with E-state index in [0.717, 1.165) is 37.9 Å². The van der Waals surface area contributed by atoms with Crippen molar-refractivity contribution in [2.75, 3.05) is 32.8 Å². The van der Waals surface area contributed by atoms with Crippen LogP contribution in [0, 0.1) is 24.2 Å². The largest absolute Gasteiger partial charge is 0.465 e. The fourth-order valence-corrected chi connectivity index (χ4v) is 4.35. The Hall–Kier alpha value is -3.11. The highest BCUT2D eigenvalue weighted by Gasteiger charge is 2.29. The molecule has 34 heavy (non-hydrogen) atoms. The van der Waals surface area contributed by atoms with Gasteiger partial charge in [-0.1, -0.05) is 42.3 Å². The third-order valence-corrected chi connectivity index (χ3v) is 6.38. The summed E-state index contributed by atoms with van der Waals surface area (Å²) < 4.78 is 5.28. The van der Waals surface area contributed by atoms with Crippen LogP contribution in [-0.4, -0.2) is 61.5 Å². The number of rotatable bonds is 9. The molecule has 7 heteroatoms. The summed E-state index contributed by atoms with van der Waals surface area (Å²) in [7, 11) is 0. The van der Waals surface area contributed by atoms with Gasteiger partial charge in [-0.2, -0.15) is 0 Å². The molecule has 3 rings (SSSR count). The van der Waals surface area contributed by atoms with E-state index in [1.807, 2.05) is 36.4 Å². The van der Waals surface area contributed by atoms with E-state index in [4.69, 9.17) is 11.2 Å². The quantitative estimate of drug-likeness (QED) is 0.331. The van der Waals surface area contributed by atoms with Crippen LogP contribution in [0.15, 0.2) is 42.5 Å². The minimum atomic E-state index is -0.734. The fraction of sp³-hybridized carbons (Fsp3) is 0.519. The number of likely N-dealkylation sites (tertiary alicyclic amines) is 1. The number of piperidine rings is 2. The van der Waals surface area contributed by atoms with E-state index in [9.17, 15) is 14.4 Å². The van der Waals surface area contributed by atoms with Crippen molar-refractivity contribution < 1.29 is 19.1 Å². The molecule has 0 unspecified atom stereocenters. The van der Waals surface area contributed by atoms with Gasteiger partial charge < -0.3 is 20.3 Å².